The molecule has 5 aromatic rings. The van der Waals surface area contributed by atoms with Crippen molar-refractivity contribution in [3.8, 4) is 5.69 Å². The Kier molecular flexibility index (Phi) is 4.67. The van der Waals surface area contributed by atoms with Gasteiger partial charge in [-0.25, -0.2) is 4.98 Å². The Labute approximate surface area is 179 Å². The number of aromatic nitrogens is 5. The third-order valence-corrected chi connectivity index (χ3v) is 5.63. The van der Waals surface area contributed by atoms with Gasteiger partial charge in [0.2, 0.25) is 0 Å². The van der Waals surface area contributed by atoms with Crippen molar-refractivity contribution in [2.75, 3.05) is 0 Å². The lowest BCUT2D eigenvalue weighted by molar-refractivity contribution is 0.642. The third-order valence-electron chi connectivity index (χ3n) is 5.63. The van der Waals surface area contributed by atoms with Crippen LogP contribution in [0.25, 0.3) is 16.9 Å². The number of hydrogen-bond acceptors (Lipinski definition) is 4. The van der Waals surface area contributed by atoms with Crippen molar-refractivity contribution < 1.29 is 0 Å². The van der Waals surface area contributed by atoms with Crippen LogP contribution >= 0.6 is 0 Å². The van der Waals surface area contributed by atoms with Crippen molar-refractivity contribution in [2.24, 2.45) is 0 Å². The number of rotatable bonds is 4. The highest BCUT2D eigenvalue weighted by Gasteiger charge is 2.21. The van der Waals surface area contributed by atoms with E-state index in [1.54, 1.807) is 15.6 Å². The summed E-state index contributed by atoms with van der Waals surface area (Å²) in [5.74, 6) is 0. The minimum Gasteiger partial charge on any atom is -0.285 e. The Balaban J connectivity index is 1.69. The molecule has 0 atom stereocenters. The fourth-order valence-corrected chi connectivity index (χ4v) is 3.82. The average molecular weight is 407 g/mol. The van der Waals surface area contributed by atoms with Gasteiger partial charge in [-0.05, 0) is 48.2 Å². The summed E-state index contributed by atoms with van der Waals surface area (Å²) in [6.45, 7) is 4.10. The predicted molar refractivity (Wildman–Crippen MR) is 121 cm³/mol. The van der Waals surface area contributed by atoms with E-state index in [1.165, 1.54) is 5.56 Å². The van der Waals surface area contributed by atoms with Gasteiger partial charge < -0.3 is 0 Å². The van der Waals surface area contributed by atoms with Crippen LogP contribution in [-0.2, 0) is 0 Å². The minimum atomic E-state index is -0.307. The second-order valence-corrected chi connectivity index (χ2v) is 7.62. The predicted octanol–water partition coefficient (Wildman–Crippen LogP) is 4.23. The summed E-state index contributed by atoms with van der Waals surface area (Å²) in [5, 5.41) is 8.43. The molecule has 0 unspecified atom stereocenters. The van der Waals surface area contributed by atoms with E-state index in [1.807, 2.05) is 85.8 Å². The van der Waals surface area contributed by atoms with Crippen LogP contribution < -0.4 is 5.56 Å². The van der Waals surface area contributed by atoms with Crippen LogP contribution in [0.2, 0.25) is 0 Å². The van der Waals surface area contributed by atoms with Gasteiger partial charge in [-0.15, -0.1) is 5.10 Å². The molecule has 0 aliphatic heterocycles. The van der Waals surface area contributed by atoms with Gasteiger partial charge in [0.05, 0.1) is 11.7 Å². The molecule has 6 heteroatoms. The number of hydrogen-bond donors (Lipinski definition) is 0. The van der Waals surface area contributed by atoms with Gasteiger partial charge in [0.1, 0.15) is 6.33 Å². The Bertz CT molecular complexity index is 1380. The number of nitrogens with zero attached hydrogens (tertiary/aromatic N) is 5. The van der Waals surface area contributed by atoms with E-state index >= 15 is 0 Å². The monoisotopic (exact) mass is 407 g/mol. The van der Waals surface area contributed by atoms with E-state index < -0.39 is 0 Å². The summed E-state index contributed by atoms with van der Waals surface area (Å²) in [4.78, 5) is 18.1. The molecule has 6 nitrogen and oxygen atoms in total. The first-order valence-corrected chi connectivity index (χ1v) is 10.1. The number of aryl methyl sites for hydroxylation is 2. The maximum atomic E-state index is 13.5. The molecule has 0 N–H and O–H groups in total. The largest absolute Gasteiger partial charge is 0.285 e. The molecule has 5 rings (SSSR count). The van der Waals surface area contributed by atoms with Crippen LogP contribution in [0.3, 0.4) is 0 Å². The third kappa shape index (κ3) is 3.32. The summed E-state index contributed by atoms with van der Waals surface area (Å²) in [5.41, 5.74) is 5.63. The van der Waals surface area contributed by atoms with Crippen molar-refractivity contribution >= 4 is 11.2 Å². The number of benzene rings is 3. The molecule has 0 aliphatic rings. The molecule has 2 aromatic heterocycles. The molecule has 0 radical (unpaired) electrons. The molecule has 3 aromatic carbocycles. The van der Waals surface area contributed by atoms with Crippen molar-refractivity contribution in [3.63, 3.8) is 0 Å². The van der Waals surface area contributed by atoms with Gasteiger partial charge in [-0.3, -0.25) is 9.36 Å². The highest BCUT2D eigenvalue weighted by Crippen LogP contribution is 2.25. The van der Waals surface area contributed by atoms with Crippen molar-refractivity contribution in [1.82, 2.24) is 24.5 Å². The van der Waals surface area contributed by atoms with Crippen molar-refractivity contribution in [2.45, 2.75) is 19.9 Å². The van der Waals surface area contributed by atoms with Crippen LogP contribution in [0.4, 0.5) is 0 Å². The van der Waals surface area contributed by atoms with E-state index in [-0.39, 0.29) is 17.1 Å². The van der Waals surface area contributed by atoms with Crippen molar-refractivity contribution in [1.29, 1.82) is 0 Å². The SMILES string of the molecule is Cc1ccc(-n2nnc3c(=O)n(C(c4ccccc4)c4ccccc4)cnc32)cc1C. The summed E-state index contributed by atoms with van der Waals surface area (Å²) in [6, 6.07) is 25.6. The fourth-order valence-electron chi connectivity index (χ4n) is 3.82. The van der Waals surface area contributed by atoms with Crippen LogP contribution in [0.5, 0.6) is 0 Å². The standard InChI is InChI=1S/C25H21N5O/c1-17-13-14-21(15-18(17)2)30-24-22(27-28-30)25(31)29(16-26-24)23(19-9-5-3-6-10-19)20-11-7-4-8-12-20/h3-16,23H,1-2H3. The zero-order valence-electron chi connectivity index (χ0n) is 17.3. The first kappa shape index (κ1) is 18.9. The first-order chi connectivity index (χ1) is 15.1. The van der Waals surface area contributed by atoms with Gasteiger partial charge in [0.25, 0.3) is 5.56 Å². The molecule has 0 spiro atoms. The molecular weight excluding hydrogens is 386 g/mol. The molecular formula is C25H21N5O. The highest BCUT2D eigenvalue weighted by molar-refractivity contribution is 5.70. The second-order valence-electron chi connectivity index (χ2n) is 7.62. The summed E-state index contributed by atoms with van der Waals surface area (Å²) >= 11 is 0. The topological polar surface area (TPSA) is 65.6 Å². The van der Waals surface area contributed by atoms with Gasteiger partial charge >= 0.3 is 0 Å². The quantitative estimate of drug-likeness (QED) is 0.447. The smallest absolute Gasteiger partial charge is 0.284 e. The van der Waals surface area contributed by atoms with Gasteiger partial charge in [0.15, 0.2) is 11.2 Å². The van der Waals surface area contributed by atoms with Crippen LogP contribution in [-0.4, -0.2) is 24.5 Å². The summed E-state index contributed by atoms with van der Waals surface area (Å²) in [7, 11) is 0. The Hall–Kier alpha value is -4.06. The van der Waals surface area contributed by atoms with E-state index in [2.05, 4.69) is 22.2 Å². The minimum absolute atomic E-state index is 0.224. The lowest BCUT2D eigenvalue weighted by Crippen LogP contribution is -2.27. The Morgan fingerprint density at radius 1 is 0.806 bits per heavy atom. The fraction of sp³-hybridized carbons (Fsp3) is 0.120. The summed E-state index contributed by atoms with van der Waals surface area (Å²) < 4.78 is 3.25. The first-order valence-electron chi connectivity index (χ1n) is 10.1. The van der Waals surface area contributed by atoms with Gasteiger partial charge in [-0.1, -0.05) is 71.9 Å². The molecule has 152 valence electrons. The Morgan fingerprint density at radius 2 is 1.45 bits per heavy atom. The lowest BCUT2D eigenvalue weighted by Gasteiger charge is -2.20. The Morgan fingerprint density at radius 3 is 2.06 bits per heavy atom. The molecule has 0 saturated heterocycles. The van der Waals surface area contributed by atoms with Crippen LogP contribution in [0, 0.1) is 13.8 Å². The molecule has 0 bridgehead atoms. The molecule has 0 aliphatic carbocycles. The van der Waals surface area contributed by atoms with Gasteiger partial charge in [-0.2, -0.15) is 4.68 Å². The van der Waals surface area contributed by atoms with E-state index in [0.29, 0.717) is 5.65 Å². The zero-order valence-corrected chi connectivity index (χ0v) is 17.3. The maximum absolute atomic E-state index is 13.5. The van der Waals surface area contributed by atoms with E-state index in [0.717, 1.165) is 22.4 Å². The van der Waals surface area contributed by atoms with Crippen LogP contribution in [0.15, 0.2) is 90.0 Å². The number of fused-ring (bicyclic) bond motifs is 1. The highest BCUT2D eigenvalue weighted by atomic mass is 16.1. The zero-order chi connectivity index (χ0) is 21.4. The molecule has 0 amide bonds. The normalized spacial score (nSPS) is 11.3. The molecule has 31 heavy (non-hydrogen) atoms. The van der Waals surface area contributed by atoms with E-state index in [9.17, 15) is 4.79 Å². The average Bonchev–Trinajstić information content (AvgIpc) is 3.24. The van der Waals surface area contributed by atoms with Crippen LogP contribution in [0.1, 0.15) is 28.3 Å². The van der Waals surface area contributed by atoms with Gasteiger partial charge in [0, 0.05) is 0 Å². The lowest BCUT2D eigenvalue weighted by atomic mass is 9.98. The second kappa shape index (κ2) is 7.65. The molecule has 0 saturated carbocycles. The maximum Gasteiger partial charge on any atom is 0.284 e. The van der Waals surface area contributed by atoms with E-state index in [4.69, 9.17) is 0 Å². The van der Waals surface area contributed by atoms with Crippen molar-refractivity contribution in [3.05, 3.63) is 118 Å². The molecule has 2 heterocycles. The molecule has 0 fully saturated rings. The summed E-state index contributed by atoms with van der Waals surface area (Å²) in [6.07, 6.45) is 1.59.